The largest absolute Gasteiger partial charge is 0.314 e. The molecule has 0 saturated carbocycles. The Labute approximate surface area is 121 Å². The fourth-order valence-electron chi connectivity index (χ4n) is 2.11. The van der Waals surface area contributed by atoms with Crippen molar-refractivity contribution in [3.8, 4) is 0 Å². The average molecular weight is 288 g/mol. The normalized spacial score (nSPS) is 14.8. The molecule has 18 heavy (non-hydrogen) atoms. The quantitative estimate of drug-likeness (QED) is 0.792. The van der Waals surface area contributed by atoms with Crippen molar-refractivity contribution in [3.63, 3.8) is 0 Å². The Morgan fingerprint density at radius 2 is 1.83 bits per heavy atom. The molecule has 0 aliphatic heterocycles. The second kappa shape index (κ2) is 7.37. The van der Waals surface area contributed by atoms with Gasteiger partial charge in [0.2, 0.25) is 0 Å². The Kier molecular flexibility index (Phi) is 6.48. The lowest BCUT2D eigenvalue weighted by molar-refractivity contribution is 0.300. The molecule has 1 N–H and O–H groups in total. The maximum Gasteiger partial charge on any atom is 0.0624 e. The van der Waals surface area contributed by atoms with Crippen LogP contribution in [0.4, 0.5) is 0 Å². The van der Waals surface area contributed by atoms with Crippen LogP contribution in [0.5, 0.6) is 0 Å². The minimum absolute atomic E-state index is 0.436. The molecule has 0 aliphatic carbocycles. The average Bonchev–Trinajstić information content (AvgIpc) is 2.33. The minimum atomic E-state index is 0.436. The van der Waals surface area contributed by atoms with Gasteiger partial charge in [0, 0.05) is 6.04 Å². The highest BCUT2D eigenvalue weighted by molar-refractivity contribution is 6.42. The summed E-state index contributed by atoms with van der Waals surface area (Å²) in [5, 5.41) is 4.89. The molecule has 0 bridgehead atoms. The van der Waals surface area contributed by atoms with Crippen LogP contribution in [-0.4, -0.2) is 12.6 Å². The molecular weight excluding hydrogens is 265 g/mol. The predicted molar refractivity (Wildman–Crippen MR) is 81.6 cm³/mol. The SMILES string of the molecule is CCNC(Cc1cccc(Cl)c1Cl)C(C)C(C)C. The molecule has 2 atom stereocenters. The van der Waals surface area contributed by atoms with Gasteiger partial charge in [-0.2, -0.15) is 0 Å². The van der Waals surface area contributed by atoms with E-state index in [9.17, 15) is 0 Å². The zero-order valence-corrected chi connectivity index (χ0v) is 13.1. The molecule has 0 fully saturated rings. The van der Waals surface area contributed by atoms with Crippen LogP contribution in [0.25, 0.3) is 0 Å². The monoisotopic (exact) mass is 287 g/mol. The van der Waals surface area contributed by atoms with Gasteiger partial charge in [-0.05, 0) is 36.4 Å². The summed E-state index contributed by atoms with van der Waals surface area (Å²) in [5.74, 6) is 1.24. The lowest BCUT2D eigenvalue weighted by atomic mass is 9.86. The van der Waals surface area contributed by atoms with E-state index in [1.54, 1.807) is 0 Å². The van der Waals surface area contributed by atoms with Crippen molar-refractivity contribution in [2.75, 3.05) is 6.54 Å². The highest BCUT2D eigenvalue weighted by Crippen LogP contribution is 2.28. The van der Waals surface area contributed by atoms with Crippen molar-refractivity contribution in [3.05, 3.63) is 33.8 Å². The highest BCUT2D eigenvalue weighted by atomic mass is 35.5. The van der Waals surface area contributed by atoms with Gasteiger partial charge in [-0.1, -0.05) is 63.0 Å². The Morgan fingerprint density at radius 1 is 1.17 bits per heavy atom. The van der Waals surface area contributed by atoms with E-state index < -0.39 is 0 Å². The van der Waals surface area contributed by atoms with Crippen LogP contribution >= 0.6 is 23.2 Å². The Balaban J connectivity index is 2.86. The first-order valence-corrected chi connectivity index (χ1v) is 7.39. The molecule has 0 spiro atoms. The zero-order chi connectivity index (χ0) is 13.7. The molecule has 1 aromatic rings. The van der Waals surface area contributed by atoms with Crippen LogP contribution < -0.4 is 5.32 Å². The maximum atomic E-state index is 6.26. The van der Waals surface area contributed by atoms with Gasteiger partial charge in [-0.3, -0.25) is 0 Å². The van der Waals surface area contributed by atoms with Crippen LogP contribution in [-0.2, 0) is 6.42 Å². The van der Waals surface area contributed by atoms with Gasteiger partial charge in [0.05, 0.1) is 10.0 Å². The second-order valence-corrected chi connectivity index (χ2v) is 5.97. The minimum Gasteiger partial charge on any atom is -0.314 e. The van der Waals surface area contributed by atoms with Crippen LogP contribution in [0.15, 0.2) is 18.2 Å². The molecule has 0 aromatic heterocycles. The van der Waals surface area contributed by atoms with Gasteiger partial charge in [-0.15, -0.1) is 0 Å². The Bertz CT molecular complexity index is 377. The molecule has 0 saturated heterocycles. The van der Waals surface area contributed by atoms with Gasteiger partial charge in [0.25, 0.3) is 0 Å². The van der Waals surface area contributed by atoms with Crippen LogP contribution in [0.3, 0.4) is 0 Å². The third-order valence-electron chi connectivity index (χ3n) is 3.62. The summed E-state index contributed by atoms with van der Waals surface area (Å²) in [5.41, 5.74) is 1.13. The number of halogens is 2. The van der Waals surface area contributed by atoms with E-state index in [2.05, 4.69) is 39.1 Å². The van der Waals surface area contributed by atoms with Gasteiger partial charge in [0.15, 0.2) is 0 Å². The molecule has 2 unspecified atom stereocenters. The van der Waals surface area contributed by atoms with E-state index in [1.165, 1.54) is 0 Å². The summed E-state index contributed by atoms with van der Waals surface area (Å²) in [6, 6.07) is 6.30. The molecule has 1 nitrogen and oxygen atoms in total. The van der Waals surface area contributed by atoms with Crippen LogP contribution in [0, 0.1) is 11.8 Å². The van der Waals surface area contributed by atoms with Crippen molar-refractivity contribution < 1.29 is 0 Å². The van der Waals surface area contributed by atoms with Crippen molar-refractivity contribution >= 4 is 23.2 Å². The molecule has 0 heterocycles. The fraction of sp³-hybridized carbons (Fsp3) is 0.600. The second-order valence-electron chi connectivity index (χ2n) is 5.18. The standard InChI is InChI=1S/C15H23Cl2N/c1-5-18-14(11(4)10(2)3)9-12-7-6-8-13(16)15(12)17/h6-8,10-11,14,18H,5,9H2,1-4H3. The number of hydrogen-bond acceptors (Lipinski definition) is 1. The van der Waals surface area contributed by atoms with E-state index in [0.717, 1.165) is 18.5 Å². The molecule has 3 heteroatoms. The maximum absolute atomic E-state index is 6.26. The van der Waals surface area contributed by atoms with Gasteiger partial charge in [-0.25, -0.2) is 0 Å². The molecule has 1 rings (SSSR count). The molecular formula is C15H23Cl2N. The Hall–Kier alpha value is -0.240. The molecule has 0 amide bonds. The number of rotatable bonds is 6. The smallest absolute Gasteiger partial charge is 0.0624 e. The van der Waals surface area contributed by atoms with Gasteiger partial charge >= 0.3 is 0 Å². The Morgan fingerprint density at radius 3 is 2.39 bits per heavy atom. The van der Waals surface area contributed by atoms with E-state index in [4.69, 9.17) is 23.2 Å². The van der Waals surface area contributed by atoms with E-state index >= 15 is 0 Å². The number of likely N-dealkylation sites (N-methyl/N-ethyl adjacent to an activating group) is 1. The molecule has 0 aliphatic rings. The first kappa shape index (κ1) is 15.8. The van der Waals surface area contributed by atoms with Crippen molar-refractivity contribution in [1.29, 1.82) is 0 Å². The zero-order valence-electron chi connectivity index (χ0n) is 11.6. The molecule has 0 radical (unpaired) electrons. The first-order valence-electron chi connectivity index (χ1n) is 6.63. The fourth-order valence-corrected chi connectivity index (χ4v) is 2.51. The van der Waals surface area contributed by atoms with Crippen LogP contribution in [0.1, 0.15) is 33.3 Å². The van der Waals surface area contributed by atoms with Crippen molar-refractivity contribution in [1.82, 2.24) is 5.32 Å². The van der Waals surface area contributed by atoms with Crippen molar-refractivity contribution in [2.45, 2.75) is 40.2 Å². The van der Waals surface area contributed by atoms with Gasteiger partial charge in [0.1, 0.15) is 0 Å². The van der Waals surface area contributed by atoms with E-state index in [1.807, 2.05) is 12.1 Å². The van der Waals surface area contributed by atoms with Crippen molar-refractivity contribution in [2.24, 2.45) is 11.8 Å². The highest BCUT2D eigenvalue weighted by Gasteiger charge is 2.21. The molecule has 102 valence electrons. The predicted octanol–water partition coefficient (Wildman–Crippen LogP) is 4.81. The van der Waals surface area contributed by atoms with Gasteiger partial charge < -0.3 is 5.32 Å². The summed E-state index contributed by atoms with van der Waals surface area (Å²) in [4.78, 5) is 0. The van der Waals surface area contributed by atoms with E-state index in [-0.39, 0.29) is 0 Å². The summed E-state index contributed by atoms with van der Waals surface area (Å²) in [6.07, 6.45) is 0.923. The summed E-state index contributed by atoms with van der Waals surface area (Å²) < 4.78 is 0. The lowest BCUT2D eigenvalue weighted by Gasteiger charge is -2.28. The lowest BCUT2D eigenvalue weighted by Crippen LogP contribution is -2.39. The topological polar surface area (TPSA) is 12.0 Å². The summed E-state index contributed by atoms with van der Waals surface area (Å²) in [6.45, 7) is 9.92. The summed E-state index contributed by atoms with van der Waals surface area (Å²) >= 11 is 12.3. The number of benzene rings is 1. The number of nitrogens with one attached hydrogen (secondary N) is 1. The third-order valence-corrected chi connectivity index (χ3v) is 4.48. The first-order chi connectivity index (χ1) is 8.47. The molecule has 1 aromatic carbocycles. The number of hydrogen-bond donors (Lipinski definition) is 1. The summed E-state index contributed by atoms with van der Waals surface area (Å²) in [7, 11) is 0. The van der Waals surface area contributed by atoms with Crippen LogP contribution in [0.2, 0.25) is 10.0 Å². The van der Waals surface area contributed by atoms with E-state index in [0.29, 0.717) is 27.9 Å². The third kappa shape index (κ3) is 4.15.